The van der Waals surface area contributed by atoms with Crippen LogP contribution in [0.25, 0.3) is 0 Å². The second-order valence-corrected chi connectivity index (χ2v) is 7.35. The Balaban J connectivity index is 1.57. The predicted octanol–water partition coefficient (Wildman–Crippen LogP) is 2.23. The van der Waals surface area contributed by atoms with Gasteiger partial charge in [0.1, 0.15) is 5.75 Å². The van der Waals surface area contributed by atoms with E-state index < -0.39 is 5.41 Å². The maximum Gasteiger partial charge on any atom is 0.230 e. The van der Waals surface area contributed by atoms with Crippen LogP contribution in [-0.4, -0.2) is 50.8 Å². The number of nitrogens with two attached hydrogens (primary N) is 1. The van der Waals surface area contributed by atoms with Gasteiger partial charge in [0.25, 0.3) is 0 Å². The first-order valence-electron chi connectivity index (χ1n) is 9.37. The lowest BCUT2D eigenvalue weighted by Gasteiger charge is -2.41. The van der Waals surface area contributed by atoms with Gasteiger partial charge in [0.05, 0.1) is 12.5 Å². The van der Waals surface area contributed by atoms with Crippen molar-refractivity contribution in [3.05, 3.63) is 29.8 Å². The third-order valence-corrected chi connectivity index (χ3v) is 5.90. The average Bonchev–Trinajstić information content (AvgIpc) is 2.69. The molecule has 1 aromatic carbocycles. The fraction of sp³-hybridized carbons (Fsp3) is 0.650. The third-order valence-electron chi connectivity index (χ3n) is 5.90. The van der Waals surface area contributed by atoms with Crippen molar-refractivity contribution >= 4 is 5.91 Å². The van der Waals surface area contributed by atoms with Gasteiger partial charge in [0, 0.05) is 32.8 Å². The highest BCUT2D eigenvalue weighted by Crippen LogP contribution is 2.34. The Morgan fingerprint density at radius 3 is 2.60 bits per heavy atom. The largest absolute Gasteiger partial charge is 0.496 e. The molecule has 25 heavy (non-hydrogen) atoms. The van der Waals surface area contributed by atoms with Crippen LogP contribution in [0, 0.1) is 11.3 Å². The summed E-state index contributed by atoms with van der Waals surface area (Å²) in [5.41, 5.74) is 6.86. The molecule has 138 valence electrons. The molecule has 2 saturated heterocycles. The summed E-state index contributed by atoms with van der Waals surface area (Å²) >= 11 is 0. The van der Waals surface area contributed by atoms with Gasteiger partial charge in [-0.3, -0.25) is 4.79 Å². The van der Waals surface area contributed by atoms with Gasteiger partial charge in [0.2, 0.25) is 5.91 Å². The molecule has 0 saturated carbocycles. The minimum Gasteiger partial charge on any atom is -0.496 e. The van der Waals surface area contributed by atoms with Crippen LogP contribution < -0.4 is 10.5 Å². The van der Waals surface area contributed by atoms with Crippen LogP contribution in [0.1, 0.15) is 31.2 Å². The summed E-state index contributed by atoms with van der Waals surface area (Å²) < 4.78 is 10.9. The van der Waals surface area contributed by atoms with Gasteiger partial charge in [-0.2, -0.15) is 0 Å². The van der Waals surface area contributed by atoms with Gasteiger partial charge < -0.3 is 20.1 Å². The predicted molar refractivity (Wildman–Crippen MR) is 97.5 cm³/mol. The van der Waals surface area contributed by atoms with Crippen LogP contribution >= 0.6 is 0 Å². The molecule has 5 heteroatoms. The van der Waals surface area contributed by atoms with Crippen LogP contribution in [0.15, 0.2) is 24.3 Å². The number of ether oxygens (including phenoxy) is 2. The highest BCUT2D eigenvalue weighted by Gasteiger charge is 2.42. The summed E-state index contributed by atoms with van der Waals surface area (Å²) in [7, 11) is 1.72. The zero-order chi connectivity index (χ0) is 17.7. The molecule has 0 radical (unpaired) electrons. The van der Waals surface area contributed by atoms with E-state index in [0.29, 0.717) is 25.7 Å². The summed E-state index contributed by atoms with van der Waals surface area (Å²) in [6.07, 6.45) is 4.61. The number of amides is 1. The standard InChI is InChI=1S/C20H30N2O3/c1-24-18-5-3-2-4-17(18)14-16-6-10-22(11-7-16)19(23)20(15-21)8-12-25-13-9-20/h2-5,16H,6-15,21H2,1H3. The maximum atomic E-state index is 13.0. The highest BCUT2D eigenvalue weighted by atomic mass is 16.5. The normalized spacial score (nSPS) is 21.1. The minimum atomic E-state index is -0.395. The molecule has 3 rings (SSSR count). The lowest BCUT2D eigenvalue weighted by molar-refractivity contribution is -0.148. The van der Waals surface area contributed by atoms with Crippen LogP contribution in [0.4, 0.5) is 0 Å². The second kappa shape index (κ2) is 8.19. The molecule has 2 N–H and O–H groups in total. The van der Waals surface area contributed by atoms with Gasteiger partial charge in [-0.15, -0.1) is 0 Å². The first kappa shape index (κ1) is 18.2. The van der Waals surface area contributed by atoms with Crippen molar-refractivity contribution in [3.63, 3.8) is 0 Å². The number of carbonyl (C=O) groups is 1. The summed E-state index contributed by atoms with van der Waals surface area (Å²) in [4.78, 5) is 15.1. The Labute approximate surface area is 150 Å². The van der Waals surface area contributed by atoms with Gasteiger partial charge in [0.15, 0.2) is 0 Å². The fourth-order valence-electron chi connectivity index (χ4n) is 4.13. The monoisotopic (exact) mass is 346 g/mol. The van der Waals surface area contributed by atoms with Crippen LogP contribution in [0.3, 0.4) is 0 Å². The molecule has 0 atom stereocenters. The number of methoxy groups -OCH3 is 1. The van der Waals surface area contributed by atoms with Crippen molar-refractivity contribution in [1.29, 1.82) is 0 Å². The van der Waals surface area contributed by atoms with Crippen LogP contribution in [0.5, 0.6) is 5.75 Å². The van der Waals surface area contributed by atoms with Crippen molar-refractivity contribution in [3.8, 4) is 5.75 Å². The SMILES string of the molecule is COc1ccccc1CC1CCN(C(=O)C2(CN)CCOCC2)CC1. The summed E-state index contributed by atoms with van der Waals surface area (Å²) in [5, 5.41) is 0. The van der Waals surface area contributed by atoms with Crippen molar-refractivity contribution < 1.29 is 14.3 Å². The van der Waals surface area contributed by atoms with E-state index in [1.54, 1.807) is 7.11 Å². The number of rotatable bonds is 5. The first-order valence-corrected chi connectivity index (χ1v) is 9.37. The molecule has 1 aromatic rings. The van der Waals surface area contributed by atoms with Gasteiger partial charge in [-0.05, 0) is 49.7 Å². The summed E-state index contributed by atoms with van der Waals surface area (Å²) in [6, 6.07) is 8.22. The average molecular weight is 346 g/mol. The topological polar surface area (TPSA) is 64.8 Å². The van der Waals surface area contributed by atoms with Crippen molar-refractivity contribution in [2.45, 2.75) is 32.1 Å². The number of carbonyl (C=O) groups excluding carboxylic acids is 1. The third kappa shape index (κ3) is 3.98. The molecule has 1 amide bonds. The molecule has 2 aliphatic heterocycles. The molecule has 2 heterocycles. The molecule has 0 spiro atoms. The van der Waals surface area contributed by atoms with Crippen molar-refractivity contribution in [2.75, 3.05) is 40.0 Å². The van der Waals surface area contributed by atoms with E-state index in [0.717, 1.165) is 50.9 Å². The van der Waals surface area contributed by atoms with E-state index in [9.17, 15) is 4.79 Å². The smallest absolute Gasteiger partial charge is 0.230 e. The Bertz CT molecular complexity index is 576. The number of benzene rings is 1. The molecule has 0 aliphatic carbocycles. The molecular weight excluding hydrogens is 316 g/mol. The maximum absolute atomic E-state index is 13.0. The van der Waals surface area contributed by atoms with Gasteiger partial charge in [-0.25, -0.2) is 0 Å². The summed E-state index contributed by atoms with van der Waals surface area (Å²) in [6.45, 7) is 3.39. The molecular formula is C20H30N2O3. The quantitative estimate of drug-likeness (QED) is 0.888. The Hall–Kier alpha value is -1.59. The molecule has 0 aromatic heterocycles. The van der Waals surface area contributed by atoms with E-state index in [1.165, 1.54) is 5.56 Å². The van der Waals surface area contributed by atoms with E-state index in [1.807, 2.05) is 17.0 Å². The Morgan fingerprint density at radius 1 is 1.28 bits per heavy atom. The van der Waals surface area contributed by atoms with E-state index in [4.69, 9.17) is 15.2 Å². The molecule has 5 nitrogen and oxygen atoms in total. The molecule has 2 aliphatic rings. The summed E-state index contributed by atoms with van der Waals surface area (Å²) in [5.74, 6) is 1.81. The second-order valence-electron chi connectivity index (χ2n) is 7.35. The molecule has 0 bridgehead atoms. The van der Waals surface area contributed by atoms with Gasteiger partial charge in [-0.1, -0.05) is 18.2 Å². The minimum absolute atomic E-state index is 0.244. The first-order chi connectivity index (χ1) is 12.2. The zero-order valence-corrected chi connectivity index (χ0v) is 15.2. The lowest BCUT2D eigenvalue weighted by Crippen LogP contribution is -2.52. The number of para-hydroxylation sites is 1. The van der Waals surface area contributed by atoms with Gasteiger partial charge >= 0.3 is 0 Å². The zero-order valence-electron chi connectivity index (χ0n) is 15.2. The fourth-order valence-corrected chi connectivity index (χ4v) is 4.13. The van der Waals surface area contributed by atoms with E-state index in [2.05, 4.69) is 12.1 Å². The van der Waals surface area contributed by atoms with Crippen molar-refractivity contribution in [1.82, 2.24) is 4.90 Å². The molecule has 0 unspecified atom stereocenters. The Morgan fingerprint density at radius 2 is 1.96 bits per heavy atom. The Kier molecular flexibility index (Phi) is 5.97. The molecule has 2 fully saturated rings. The number of likely N-dealkylation sites (tertiary alicyclic amines) is 1. The number of nitrogens with zero attached hydrogens (tertiary/aromatic N) is 1. The van der Waals surface area contributed by atoms with Crippen LogP contribution in [-0.2, 0) is 16.0 Å². The number of hydrogen-bond donors (Lipinski definition) is 1. The number of piperidine rings is 1. The highest BCUT2D eigenvalue weighted by molar-refractivity contribution is 5.83. The van der Waals surface area contributed by atoms with E-state index in [-0.39, 0.29) is 5.91 Å². The number of hydrogen-bond acceptors (Lipinski definition) is 4. The van der Waals surface area contributed by atoms with E-state index >= 15 is 0 Å². The van der Waals surface area contributed by atoms with Crippen molar-refractivity contribution in [2.24, 2.45) is 17.1 Å². The lowest BCUT2D eigenvalue weighted by atomic mass is 9.78. The van der Waals surface area contributed by atoms with Crippen LogP contribution in [0.2, 0.25) is 0 Å².